The van der Waals surface area contributed by atoms with Crippen LogP contribution in [0.15, 0.2) is 164 Å². The maximum absolute atomic E-state index is 12.9. The first-order valence-electron chi connectivity index (χ1n) is 16.4. The highest BCUT2D eigenvalue weighted by Crippen LogP contribution is 2.31. The third-order valence-electron chi connectivity index (χ3n) is 8.51. The Labute approximate surface area is 289 Å². The summed E-state index contributed by atoms with van der Waals surface area (Å²) < 4.78 is 27.8. The average molecular weight is 672 g/mol. The maximum atomic E-state index is 12.9. The second-order valence-corrected chi connectivity index (χ2v) is 15.1. The highest BCUT2D eigenvalue weighted by Gasteiger charge is 2.17. The normalized spacial score (nSPS) is 12.5. The van der Waals surface area contributed by atoms with Gasteiger partial charge >= 0.3 is 15.6 Å². The van der Waals surface area contributed by atoms with Crippen LogP contribution in [0, 0.1) is 0 Å². The number of nitrogens with zero attached hydrogens (tertiary/aromatic N) is 1. The molecule has 7 rings (SSSR count). The van der Waals surface area contributed by atoms with E-state index < -0.39 is 15.6 Å². The molecule has 0 fully saturated rings. The van der Waals surface area contributed by atoms with Crippen LogP contribution in [0.5, 0.6) is 0 Å². The highest BCUT2D eigenvalue weighted by molar-refractivity contribution is 7.54. The summed E-state index contributed by atoms with van der Waals surface area (Å²) in [5.74, 6) is 0. The molecule has 5 heteroatoms. The van der Waals surface area contributed by atoms with E-state index in [1.54, 1.807) is 0 Å². The molecule has 1 aromatic heterocycles. The summed E-state index contributed by atoms with van der Waals surface area (Å²) in [6.07, 6.45) is 13.4. The van der Waals surface area contributed by atoms with Crippen LogP contribution in [0.1, 0.15) is 16.7 Å². The van der Waals surface area contributed by atoms with E-state index in [1.165, 1.54) is 10.8 Å². The first kappa shape index (κ1) is 32.1. The largest absolute Gasteiger partial charge is 0.380 e. The molecule has 0 aliphatic carbocycles. The van der Waals surface area contributed by atoms with Gasteiger partial charge in [0, 0.05) is 17.0 Å². The first-order valence-corrected chi connectivity index (χ1v) is 19.3. The van der Waals surface area contributed by atoms with Crippen LogP contribution in [-0.2, 0) is 9.13 Å². The van der Waals surface area contributed by atoms with Gasteiger partial charge in [-0.2, -0.15) is 0 Å². The van der Waals surface area contributed by atoms with Crippen LogP contribution in [-0.4, -0.2) is 16.9 Å². The SMILES string of the molecule is O=[P+](C/C=C/c1ccc(-c2cc(/C=C/C[P+](=O)c3ccccc3)cc(/C=C/n3c4ccccc4c4ccccc43)c2)cc1)c1ccccc1. The third-order valence-corrected chi connectivity index (χ3v) is 11.3. The minimum Gasteiger partial charge on any atom is -0.316 e. The molecule has 0 saturated heterocycles. The van der Waals surface area contributed by atoms with Crippen molar-refractivity contribution in [2.45, 2.75) is 0 Å². The van der Waals surface area contributed by atoms with Crippen LogP contribution in [0.3, 0.4) is 0 Å². The number of para-hydroxylation sites is 2. The average Bonchev–Trinajstić information content (AvgIpc) is 3.48. The third kappa shape index (κ3) is 7.66. The number of benzene rings is 6. The monoisotopic (exact) mass is 671 g/mol. The van der Waals surface area contributed by atoms with Crippen LogP contribution < -0.4 is 10.6 Å². The standard InChI is InChI=1S/C44H35NO2P2/c46-48(39-15-3-1-4-16-39)29-11-13-34-23-25-37(26-24-34)38-32-35(14-12-30-49(47)40-17-5-2-6-18-40)31-36(33-38)27-28-45-43-21-9-7-19-41(43)42-20-8-10-22-44(42)45/h1-28,31-33H,29-30H2/q+2/b13-11+,14-12+,28-27+. The van der Waals surface area contributed by atoms with Gasteiger partial charge in [-0.1, -0.05) is 118 Å². The van der Waals surface area contributed by atoms with Gasteiger partial charge in [-0.05, 0) is 101 Å². The van der Waals surface area contributed by atoms with Crippen molar-refractivity contribution < 1.29 is 9.13 Å². The Kier molecular flexibility index (Phi) is 9.95. The summed E-state index contributed by atoms with van der Waals surface area (Å²) in [5, 5.41) is 4.20. The molecule has 0 aliphatic rings. The quantitative estimate of drug-likeness (QED) is 0.128. The molecule has 0 N–H and O–H groups in total. The Morgan fingerprint density at radius 3 is 1.47 bits per heavy atom. The van der Waals surface area contributed by atoms with Crippen LogP contribution in [0.2, 0.25) is 0 Å². The molecule has 1 heterocycles. The Bertz CT molecular complexity index is 2300. The first-order chi connectivity index (χ1) is 24.1. The van der Waals surface area contributed by atoms with E-state index in [0.717, 1.165) is 49.5 Å². The fourth-order valence-electron chi connectivity index (χ4n) is 6.06. The van der Waals surface area contributed by atoms with E-state index in [4.69, 9.17) is 0 Å². The van der Waals surface area contributed by atoms with Crippen molar-refractivity contribution in [3.8, 4) is 11.1 Å². The molecule has 49 heavy (non-hydrogen) atoms. The molecular formula is C44H35NO2P2+2. The zero-order valence-corrected chi connectivity index (χ0v) is 28.8. The molecule has 236 valence electrons. The molecule has 0 radical (unpaired) electrons. The predicted octanol–water partition coefficient (Wildman–Crippen LogP) is 11.4. The second-order valence-electron chi connectivity index (χ2n) is 11.8. The molecule has 0 bridgehead atoms. The summed E-state index contributed by atoms with van der Waals surface area (Å²) in [5.41, 5.74) is 7.71. The molecule has 7 aromatic rings. The van der Waals surface area contributed by atoms with Crippen molar-refractivity contribution in [2.75, 3.05) is 12.3 Å². The molecule has 0 spiro atoms. The Morgan fingerprint density at radius 1 is 0.449 bits per heavy atom. The number of allylic oxidation sites excluding steroid dienone is 2. The van der Waals surface area contributed by atoms with E-state index >= 15 is 0 Å². The van der Waals surface area contributed by atoms with Crippen molar-refractivity contribution >= 4 is 72.4 Å². The van der Waals surface area contributed by atoms with Gasteiger partial charge in [-0.3, -0.25) is 0 Å². The van der Waals surface area contributed by atoms with E-state index in [1.807, 2.05) is 78.9 Å². The lowest BCUT2D eigenvalue weighted by atomic mass is 9.98. The van der Waals surface area contributed by atoms with Crippen molar-refractivity contribution in [1.82, 2.24) is 4.57 Å². The smallest absolute Gasteiger partial charge is 0.316 e. The maximum Gasteiger partial charge on any atom is 0.380 e. The molecular weight excluding hydrogens is 636 g/mol. The number of hydrogen-bond acceptors (Lipinski definition) is 2. The van der Waals surface area contributed by atoms with Gasteiger partial charge in [0.15, 0.2) is 22.9 Å². The lowest BCUT2D eigenvalue weighted by Crippen LogP contribution is -1.95. The molecule has 6 aromatic carbocycles. The molecule has 2 unspecified atom stereocenters. The van der Waals surface area contributed by atoms with Gasteiger partial charge in [0.25, 0.3) is 0 Å². The van der Waals surface area contributed by atoms with E-state index in [-0.39, 0.29) is 0 Å². The van der Waals surface area contributed by atoms with Crippen molar-refractivity contribution in [2.24, 2.45) is 0 Å². The second kappa shape index (κ2) is 15.2. The van der Waals surface area contributed by atoms with Gasteiger partial charge in [-0.15, -0.1) is 0 Å². The number of hydrogen-bond donors (Lipinski definition) is 0. The number of aromatic nitrogens is 1. The lowest BCUT2D eigenvalue weighted by molar-refractivity contribution is 0.594. The van der Waals surface area contributed by atoms with Crippen LogP contribution in [0.25, 0.3) is 57.4 Å². The Hall–Kier alpha value is -5.46. The van der Waals surface area contributed by atoms with Gasteiger partial charge < -0.3 is 4.57 Å². The van der Waals surface area contributed by atoms with Gasteiger partial charge in [-0.25, -0.2) is 0 Å². The van der Waals surface area contributed by atoms with E-state index in [0.29, 0.717) is 12.3 Å². The van der Waals surface area contributed by atoms with Gasteiger partial charge in [0.2, 0.25) is 0 Å². The van der Waals surface area contributed by atoms with Gasteiger partial charge in [0.1, 0.15) is 0 Å². The molecule has 2 atom stereocenters. The molecule has 3 nitrogen and oxygen atoms in total. The highest BCUT2D eigenvalue weighted by atomic mass is 31.1. The number of rotatable bonds is 11. The number of fused-ring (bicyclic) bond motifs is 3. The van der Waals surface area contributed by atoms with Crippen molar-refractivity contribution in [3.63, 3.8) is 0 Å². The fourth-order valence-corrected chi connectivity index (χ4v) is 8.09. The summed E-state index contributed by atoms with van der Waals surface area (Å²) >= 11 is 0. The van der Waals surface area contributed by atoms with Crippen molar-refractivity contribution in [3.05, 3.63) is 181 Å². The fraction of sp³-hybridized carbons (Fsp3) is 0.0455. The molecule has 0 aliphatic heterocycles. The van der Waals surface area contributed by atoms with Gasteiger partial charge in [0.05, 0.1) is 11.0 Å². The summed E-state index contributed by atoms with van der Waals surface area (Å²) in [7, 11) is -2.95. The van der Waals surface area contributed by atoms with E-state index in [2.05, 4.69) is 114 Å². The minimum atomic E-state index is -1.50. The molecule has 0 amide bonds. The minimum absolute atomic E-state index is 0.479. The summed E-state index contributed by atoms with van der Waals surface area (Å²) in [4.78, 5) is 0. The van der Waals surface area contributed by atoms with Crippen molar-refractivity contribution in [1.29, 1.82) is 0 Å². The van der Waals surface area contributed by atoms with Crippen LogP contribution in [0.4, 0.5) is 0 Å². The van der Waals surface area contributed by atoms with Crippen LogP contribution >= 0.6 is 15.6 Å². The summed E-state index contributed by atoms with van der Waals surface area (Å²) in [6.45, 7) is 0. The predicted molar refractivity (Wildman–Crippen MR) is 212 cm³/mol. The molecule has 0 saturated carbocycles. The Morgan fingerprint density at radius 2 is 0.918 bits per heavy atom. The Balaban J connectivity index is 1.17. The van der Waals surface area contributed by atoms with E-state index in [9.17, 15) is 9.13 Å². The zero-order valence-electron chi connectivity index (χ0n) is 27.0. The lowest BCUT2D eigenvalue weighted by Gasteiger charge is -2.08. The summed E-state index contributed by atoms with van der Waals surface area (Å²) in [6, 6.07) is 51.3. The zero-order chi connectivity index (χ0) is 33.4. The topological polar surface area (TPSA) is 39.1 Å².